The van der Waals surface area contributed by atoms with Gasteiger partial charge in [-0.25, -0.2) is 4.79 Å². The zero-order chi connectivity index (χ0) is 18.1. The quantitative estimate of drug-likeness (QED) is 0.497. The van der Waals surface area contributed by atoms with Crippen LogP contribution in [0, 0.1) is 0 Å². The van der Waals surface area contributed by atoms with Crippen LogP contribution in [0.2, 0.25) is 6.04 Å². The number of amides is 1. The van der Waals surface area contributed by atoms with E-state index in [4.69, 9.17) is 22.8 Å². The summed E-state index contributed by atoms with van der Waals surface area (Å²) in [5.74, 6) is 0. The zero-order valence-electron chi connectivity index (χ0n) is 15.8. The summed E-state index contributed by atoms with van der Waals surface area (Å²) in [4.78, 5) is 13.8. The Hall–Kier alpha value is -0.673. The molecule has 1 amide bonds. The highest BCUT2D eigenvalue weighted by atomic mass is 28.4. The Labute approximate surface area is 146 Å². The molecule has 0 aromatic heterocycles. The zero-order valence-corrected chi connectivity index (χ0v) is 16.8. The molecule has 0 saturated carbocycles. The molecule has 142 valence electrons. The van der Waals surface area contributed by atoms with Crippen LogP contribution in [-0.2, 0) is 22.8 Å². The van der Waals surface area contributed by atoms with E-state index in [0.29, 0.717) is 45.6 Å². The first-order valence-corrected chi connectivity index (χ1v) is 10.8. The number of carbonyl (C=O) groups is 1. The van der Waals surface area contributed by atoms with Crippen LogP contribution in [0.3, 0.4) is 0 Å². The molecule has 1 saturated heterocycles. The lowest BCUT2D eigenvalue weighted by molar-refractivity contribution is -0.183. The van der Waals surface area contributed by atoms with Crippen molar-refractivity contribution in [2.75, 3.05) is 46.6 Å². The maximum absolute atomic E-state index is 12.2. The second-order valence-corrected chi connectivity index (χ2v) is 8.64. The number of hydrogen-bond donors (Lipinski definition) is 0. The minimum Gasteiger partial charge on any atom is -0.438 e. The molecular weight excluding hydrogens is 330 g/mol. The molecule has 1 fully saturated rings. The van der Waals surface area contributed by atoms with E-state index in [2.05, 4.69) is 0 Å². The summed E-state index contributed by atoms with van der Waals surface area (Å²) in [6, 6.07) is 0.683. The summed E-state index contributed by atoms with van der Waals surface area (Å²) >= 11 is 0. The lowest BCUT2D eigenvalue weighted by Gasteiger charge is -2.40. The van der Waals surface area contributed by atoms with Gasteiger partial charge in [-0.1, -0.05) is 6.92 Å². The molecule has 0 unspecified atom stereocenters. The van der Waals surface area contributed by atoms with E-state index in [1.54, 1.807) is 11.9 Å². The van der Waals surface area contributed by atoms with E-state index >= 15 is 0 Å². The monoisotopic (exact) mass is 363 g/mol. The summed E-state index contributed by atoms with van der Waals surface area (Å²) in [7, 11) is -0.899. The minimum absolute atomic E-state index is 0.309. The number of hydrogen-bond acceptors (Lipinski definition) is 6. The van der Waals surface area contributed by atoms with Crippen molar-refractivity contribution in [1.29, 1.82) is 0 Å². The number of rotatable bonds is 12. The number of carbonyl (C=O) groups excluding carboxylic acids is 1. The molecule has 0 aliphatic carbocycles. The Morgan fingerprint density at radius 1 is 1.08 bits per heavy atom. The van der Waals surface area contributed by atoms with Crippen LogP contribution < -0.4 is 0 Å². The van der Waals surface area contributed by atoms with Gasteiger partial charge in [0.05, 0.1) is 13.2 Å². The van der Waals surface area contributed by atoms with Gasteiger partial charge in [0, 0.05) is 39.5 Å². The van der Waals surface area contributed by atoms with E-state index in [1.165, 1.54) is 0 Å². The fourth-order valence-electron chi connectivity index (χ4n) is 2.55. The molecule has 0 spiro atoms. The average Bonchev–Trinajstić information content (AvgIpc) is 2.51. The van der Waals surface area contributed by atoms with Crippen LogP contribution in [-0.4, -0.2) is 72.0 Å². The van der Waals surface area contributed by atoms with Crippen molar-refractivity contribution in [3.63, 3.8) is 0 Å². The molecule has 7 nitrogen and oxygen atoms in total. The largest absolute Gasteiger partial charge is 0.500 e. The number of nitrogens with zero attached hydrogens (tertiary/aromatic N) is 1. The molecule has 8 heteroatoms. The van der Waals surface area contributed by atoms with Gasteiger partial charge in [-0.05, 0) is 33.6 Å². The third kappa shape index (κ3) is 6.00. The lowest BCUT2D eigenvalue weighted by atomic mass is 9.99. The van der Waals surface area contributed by atoms with Crippen molar-refractivity contribution in [1.82, 2.24) is 4.90 Å². The predicted molar refractivity (Wildman–Crippen MR) is 93.0 cm³/mol. The lowest BCUT2D eigenvalue weighted by Crippen LogP contribution is -2.54. The van der Waals surface area contributed by atoms with Gasteiger partial charge in [-0.3, -0.25) is 0 Å². The molecule has 0 N–H and O–H groups in total. The molecule has 1 heterocycles. The highest BCUT2D eigenvalue weighted by Gasteiger charge is 2.42. The van der Waals surface area contributed by atoms with Gasteiger partial charge in [0.2, 0.25) is 0 Å². The van der Waals surface area contributed by atoms with Gasteiger partial charge in [-0.2, -0.15) is 0 Å². The summed E-state index contributed by atoms with van der Waals surface area (Å²) in [5, 5.41) is 0. The molecule has 0 aromatic carbocycles. The maximum atomic E-state index is 12.2. The van der Waals surface area contributed by atoms with E-state index < -0.39 is 14.4 Å². The highest BCUT2D eigenvalue weighted by molar-refractivity contribution is 6.60. The normalized spacial score (nSPS) is 16.5. The third-order valence-electron chi connectivity index (χ3n) is 4.06. The van der Waals surface area contributed by atoms with Gasteiger partial charge in [0.1, 0.15) is 0 Å². The number of ether oxygens (including phenoxy) is 2. The van der Waals surface area contributed by atoms with Crippen molar-refractivity contribution in [3.05, 3.63) is 0 Å². The van der Waals surface area contributed by atoms with Crippen molar-refractivity contribution >= 4 is 14.9 Å². The fourth-order valence-corrected chi connectivity index (χ4v) is 5.15. The fraction of sp³-hybridized carbons (Fsp3) is 0.938. The van der Waals surface area contributed by atoms with Gasteiger partial charge in [-0.15, -0.1) is 0 Å². The van der Waals surface area contributed by atoms with Crippen molar-refractivity contribution in [2.24, 2.45) is 0 Å². The Morgan fingerprint density at radius 3 is 2.00 bits per heavy atom. The second kappa shape index (κ2) is 10.3. The average molecular weight is 364 g/mol. The van der Waals surface area contributed by atoms with Gasteiger partial charge in [0.15, 0.2) is 5.60 Å². The van der Waals surface area contributed by atoms with Gasteiger partial charge < -0.3 is 27.7 Å². The van der Waals surface area contributed by atoms with E-state index in [0.717, 1.165) is 12.8 Å². The smallest absolute Gasteiger partial charge is 0.438 e. The maximum Gasteiger partial charge on any atom is 0.500 e. The first-order valence-electron chi connectivity index (χ1n) is 8.90. The summed E-state index contributed by atoms with van der Waals surface area (Å²) in [6.07, 6.45) is 1.20. The van der Waals surface area contributed by atoms with Crippen LogP contribution in [0.4, 0.5) is 4.79 Å². The van der Waals surface area contributed by atoms with Crippen LogP contribution >= 0.6 is 0 Å². The summed E-state index contributed by atoms with van der Waals surface area (Å²) < 4.78 is 28.2. The predicted octanol–water partition coefficient (Wildman–Crippen LogP) is 2.67. The van der Waals surface area contributed by atoms with E-state index in [-0.39, 0.29) is 6.09 Å². The molecule has 1 aliphatic rings. The second-order valence-electron chi connectivity index (χ2n) is 5.90. The Morgan fingerprint density at radius 2 is 1.62 bits per heavy atom. The molecule has 0 aromatic rings. The molecule has 1 rings (SSSR count). The standard InChI is InChI=1S/C16H33NO6Si/c1-6-16(13-19-14-16)23-15(18)17(5)11-10-12-24(20-7-2,21-8-3)22-9-4/h6-14H2,1-5H3. The molecule has 1 aliphatic heterocycles. The van der Waals surface area contributed by atoms with Crippen LogP contribution in [0.5, 0.6) is 0 Å². The van der Waals surface area contributed by atoms with Crippen LogP contribution in [0.15, 0.2) is 0 Å². The molecule has 0 atom stereocenters. The topological polar surface area (TPSA) is 66.5 Å². The van der Waals surface area contributed by atoms with Crippen LogP contribution in [0.1, 0.15) is 40.5 Å². The van der Waals surface area contributed by atoms with Crippen molar-refractivity contribution < 1.29 is 27.5 Å². The molecule has 24 heavy (non-hydrogen) atoms. The molecular formula is C16H33NO6Si. The van der Waals surface area contributed by atoms with Crippen LogP contribution in [0.25, 0.3) is 0 Å². The first-order chi connectivity index (χ1) is 11.5. The highest BCUT2D eigenvalue weighted by Crippen LogP contribution is 2.26. The van der Waals surface area contributed by atoms with Crippen molar-refractivity contribution in [2.45, 2.75) is 52.2 Å². The van der Waals surface area contributed by atoms with Gasteiger partial charge >= 0.3 is 14.9 Å². The summed E-state index contributed by atoms with van der Waals surface area (Å²) in [5.41, 5.74) is -0.439. The Bertz CT molecular complexity index is 355. The minimum atomic E-state index is -2.65. The third-order valence-corrected chi connectivity index (χ3v) is 7.21. The SMILES string of the molecule is CCO[Si](CCCN(C)C(=O)OC1(CC)COC1)(OCC)OCC. The Kier molecular flexibility index (Phi) is 9.21. The molecule has 0 radical (unpaired) electrons. The van der Waals surface area contributed by atoms with Crippen molar-refractivity contribution in [3.8, 4) is 0 Å². The molecule has 0 bridgehead atoms. The first kappa shape index (κ1) is 21.4. The van der Waals surface area contributed by atoms with E-state index in [9.17, 15) is 4.79 Å². The van der Waals surface area contributed by atoms with Gasteiger partial charge in [0.25, 0.3) is 0 Å². The Balaban J connectivity index is 2.45. The van der Waals surface area contributed by atoms with E-state index in [1.807, 2.05) is 27.7 Å². The summed E-state index contributed by atoms with van der Waals surface area (Å²) in [6.45, 7) is 11.0.